The predicted molar refractivity (Wildman–Crippen MR) is 125 cm³/mol. The molecule has 3 aromatic carbocycles. The molecule has 6 rings (SSSR count). The summed E-state index contributed by atoms with van der Waals surface area (Å²) in [5.41, 5.74) is 4.87. The van der Waals surface area contributed by atoms with E-state index < -0.39 is 6.10 Å². The molecular weight excluding hydrogens is 416 g/mol. The van der Waals surface area contributed by atoms with Crippen LogP contribution < -0.4 is 19.5 Å². The summed E-state index contributed by atoms with van der Waals surface area (Å²) < 4.78 is 20.0. The molecule has 0 spiro atoms. The first-order valence-corrected chi connectivity index (χ1v) is 10.7. The summed E-state index contributed by atoms with van der Waals surface area (Å²) in [4.78, 5) is 4.48. The van der Waals surface area contributed by atoms with Gasteiger partial charge in [0.1, 0.15) is 29.6 Å². The normalized spacial score (nSPS) is 18.4. The number of methoxy groups -OCH3 is 2. The van der Waals surface area contributed by atoms with Gasteiger partial charge in [-0.3, -0.25) is 0 Å². The van der Waals surface area contributed by atoms with Gasteiger partial charge >= 0.3 is 0 Å². The van der Waals surface area contributed by atoms with E-state index in [0.29, 0.717) is 5.95 Å². The summed E-state index contributed by atoms with van der Waals surface area (Å²) in [6.45, 7) is 0. The molecule has 2 aliphatic heterocycles. The van der Waals surface area contributed by atoms with E-state index in [1.807, 2.05) is 65.3 Å². The zero-order valence-corrected chi connectivity index (χ0v) is 18.2. The van der Waals surface area contributed by atoms with Crippen LogP contribution in [0.3, 0.4) is 0 Å². The lowest BCUT2D eigenvalue weighted by molar-refractivity contribution is 0.217. The fourth-order valence-electron chi connectivity index (χ4n) is 4.75. The van der Waals surface area contributed by atoms with Crippen LogP contribution in [0.1, 0.15) is 28.8 Å². The van der Waals surface area contributed by atoms with Crippen LogP contribution in [0, 0.1) is 0 Å². The third kappa shape index (κ3) is 2.96. The molecule has 0 unspecified atom stereocenters. The second-order valence-corrected chi connectivity index (χ2v) is 7.86. The van der Waals surface area contributed by atoms with E-state index in [1.54, 1.807) is 20.5 Å². The van der Waals surface area contributed by atoms with E-state index in [4.69, 9.17) is 14.2 Å². The largest absolute Gasteiger partial charge is 0.496 e. The van der Waals surface area contributed by atoms with Gasteiger partial charge in [0, 0.05) is 22.3 Å². The van der Waals surface area contributed by atoms with Gasteiger partial charge in [0.15, 0.2) is 6.10 Å². The van der Waals surface area contributed by atoms with Gasteiger partial charge in [0.25, 0.3) is 0 Å². The lowest BCUT2D eigenvalue weighted by Gasteiger charge is -2.39. The van der Waals surface area contributed by atoms with Crippen molar-refractivity contribution in [1.82, 2.24) is 14.8 Å². The van der Waals surface area contributed by atoms with Gasteiger partial charge in [-0.1, -0.05) is 48.5 Å². The Morgan fingerprint density at radius 3 is 2.30 bits per heavy atom. The maximum Gasteiger partial charge on any atom is 0.226 e. The number of nitrogens with zero attached hydrogens (tertiary/aromatic N) is 3. The van der Waals surface area contributed by atoms with E-state index in [-0.39, 0.29) is 6.04 Å². The smallest absolute Gasteiger partial charge is 0.226 e. The minimum absolute atomic E-state index is 0.293. The number of hydrogen-bond acceptors (Lipinski definition) is 6. The van der Waals surface area contributed by atoms with Crippen LogP contribution >= 0.6 is 0 Å². The fraction of sp³-hybridized carbons (Fsp3) is 0.154. The summed E-state index contributed by atoms with van der Waals surface area (Å²) >= 11 is 0. The van der Waals surface area contributed by atoms with Crippen molar-refractivity contribution in [2.75, 3.05) is 19.5 Å². The lowest BCUT2D eigenvalue weighted by Crippen LogP contribution is -2.32. The Hall–Kier alpha value is -4.26. The van der Waals surface area contributed by atoms with Crippen molar-refractivity contribution in [3.8, 4) is 17.2 Å². The van der Waals surface area contributed by atoms with Gasteiger partial charge in [-0.15, -0.1) is 0 Å². The molecule has 0 aliphatic carbocycles. The third-order valence-corrected chi connectivity index (χ3v) is 6.18. The molecule has 4 aromatic rings. The molecule has 1 N–H and O–H groups in total. The zero-order chi connectivity index (χ0) is 22.4. The van der Waals surface area contributed by atoms with Crippen LogP contribution in [0.2, 0.25) is 0 Å². The number of para-hydroxylation sites is 3. The standard InChI is InChI=1S/C26H22N4O3/c1-31-19-12-6-4-10-17(19)24-22-23(29-26-27-15-28-30(24)26)16-9-3-8-14-21(16)33-25(22)18-11-5-7-13-20(18)32-2/h3-15,24-25H,1-2H3,(H,27,28,29)/t24-,25-/m1/s1. The molecule has 3 heterocycles. The number of ether oxygens (including phenoxy) is 3. The maximum absolute atomic E-state index is 6.67. The maximum atomic E-state index is 6.67. The Kier molecular flexibility index (Phi) is 4.54. The van der Waals surface area contributed by atoms with E-state index in [1.165, 1.54) is 0 Å². The molecule has 7 heteroatoms. The van der Waals surface area contributed by atoms with Crippen LogP contribution in [0.5, 0.6) is 17.2 Å². The summed E-state index contributed by atoms with van der Waals surface area (Å²) in [5, 5.41) is 8.09. The van der Waals surface area contributed by atoms with Crippen molar-refractivity contribution in [1.29, 1.82) is 0 Å². The summed E-state index contributed by atoms with van der Waals surface area (Å²) in [5.74, 6) is 3.00. The molecule has 1 aromatic heterocycles. The SMILES string of the molecule is COc1ccccc1[C@H]1Oc2ccccc2C2=C1[C@@H](c1ccccc1OC)n1ncnc1N2. The van der Waals surface area contributed by atoms with Crippen molar-refractivity contribution >= 4 is 11.6 Å². The van der Waals surface area contributed by atoms with Crippen molar-refractivity contribution in [3.63, 3.8) is 0 Å². The molecular formula is C26H22N4O3. The highest BCUT2D eigenvalue weighted by atomic mass is 16.5. The first-order chi connectivity index (χ1) is 16.3. The number of anilines is 1. The summed E-state index contributed by atoms with van der Waals surface area (Å²) in [6.07, 6.45) is 1.15. The van der Waals surface area contributed by atoms with Gasteiger partial charge < -0.3 is 19.5 Å². The van der Waals surface area contributed by atoms with Gasteiger partial charge in [0.2, 0.25) is 5.95 Å². The number of rotatable bonds is 4. The van der Waals surface area contributed by atoms with Crippen LogP contribution in [0.25, 0.3) is 5.70 Å². The molecule has 0 amide bonds. The first-order valence-electron chi connectivity index (χ1n) is 10.7. The van der Waals surface area contributed by atoms with Gasteiger partial charge in [0.05, 0.1) is 19.9 Å². The van der Waals surface area contributed by atoms with Crippen LogP contribution in [-0.2, 0) is 0 Å². The Balaban J connectivity index is 1.66. The number of fused-ring (bicyclic) bond motifs is 3. The second kappa shape index (κ2) is 7.70. The van der Waals surface area contributed by atoms with Crippen LogP contribution in [-0.4, -0.2) is 29.0 Å². The Bertz CT molecular complexity index is 1380. The third-order valence-electron chi connectivity index (χ3n) is 6.18. The second-order valence-electron chi connectivity index (χ2n) is 7.86. The molecule has 2 atom stereocenters. The minimum Gasteiger partial charge on any atom is -0.496 e. The lowest BCUT2D eigenvalue weighted by atomic mass is 9.84. The first kappa shape index (κ1) is 19.4. The van der Waals surface area contributed by atoms with Crippen molar-refractivity contribution in [2.24, 2.45) is 0 Å². The highest BCUT2D eigenvalue weighted by Gasteiger charge is 2.42. The molecule has 164 valence electrons. The van der Waals surface area contributed by atoms with Crippen molar-refractivity contribution in [2.45, 2.75) is 12.1 Å². The number of benzene rings is 3. The number of nitrogens with one attached hydrogen (secondary N) is 1. The topological polar surface area (TPSA) is 70.4 Å². The Morgan fingerprint density at radius 2 is 1.52 bits per heavy atom. The molecule has 0 bridgehead atoms. The highest BCUT2D eigenvalue weighted by molar-refractivity contribution is 5.85. The zero-order valence-electron chi connectivity index (χ0n) is 18.2. The number of aromatic nitrogens is 3. The number of hydrogen-bond donors (Lipinski definition) is 1. The molecule has 0 saturated heterocycles. The molecule has 7 nitrogen and oxygen atoms in total. The average Bonchev–Trinajstić information content (AvgIpc) is 3.35. The van der Waals surface area contributed by atoms with Crippen molar-refractivity contribution < 1.29 is 14.2 Å². The predicted octanol–water partition coefficient (Wildman–Crippen LogP) is 4.86. The monoisotopic (exact) mass is 438 g/mol. The van der Waals surface area contributed by atoms with E-state index in [2.05, 4.69) is 27.5 Å². The van der Waals surface area contributed by atoms with Gasteiger partial charge in [-0.05, 0) is 24.3 Å². The van der Waals surface area contributed by atoms with E-state index in [9.17, 15) is 0 Å². The Labute approximate surface area is 191 Å². The van der Waals surface area contributed by atoms with E-state index in [0.717, 1.165) is 45.2 Å². The quantitative estimate of drug-likeness (QED) is 0.491. The fourth-order valence-corrected chi connectivity index (χ4v) is 4.75. The van der Waals surface area contributed by atoms with Crippen LogP contribution in [0.4, 0.5) is 5.95 Å². The molecule has 0 radical (unpaired) electrons. The summed E-state index contributed by atoms with van der Waals surface area (Å²) in [6, 6.07) is 23.7. The average molecular weight is 438 g/mol. The van der Waals surface area contributed by atoms with Crippen molar-refractivity contribution in [3.05, 3.63) is 101 Å². The van der Waals surface area contributed by atoms with Gasteiger partial charge in [-0.25, -0.2) is 4.68 Å². The molecule has 2 aliphatic rings. The van der Waals surface area contributed by atoms with Gasteiger partial charge in [-0.2, -0.15) is 10.1 Å². The Morgan fingerprint density at radius 1 is 0.848 bits per heavy atom. The minimum atomic E-state index is -0.411. The van der Waals surface area contributed by atoms with E-state index >= 15 is 0 Å². The van der Waals surface area contributed by atoms with Crippen LogP contribution in [0.15, 0.2) is 84.7 Å². The summed E-state index contributed by atoms with van der Waals surface area (Å²) in [7, 11) is 3.36. The molecule has 0 fully saturated rings. The highest BCUT2D eigenvalue weighted by Crippen LogP contribution is 2.52. The molecule has 0 saturated carbocycles. The molecule has 33 heavy (non-hydrogen) atoms.